The van der Waals surface area contributed by atoms with Crippen LogP contribution in [0.15, 0.2) is 0 Å². The zero-order chi connectivity index (χ0) is 9.61. The van der Waals surface area contributed by atoms with Crippen molar-refractivity contribution in [2.75, 3.05) is 18.6 Å². The molecule has 0 saturated carbocycles. The largest absolute Gasteiger partial charge is 0.471 e. The summed E-state index contributed by atoms with van der Waals surface area (Å²) in [6.07, 6.45) is -2.34. The molecule has 1 N–H and O–H groups in total. The Labute approximate surface area is 72.9 Å². The van der Waals surface area contributed by atoms with Gasteiger partial charge in [0.05, 0.1) is 0 Å². The van der Waals surface area contributed by atoms with Crippen LogP contribution in [0.5, 0.6) is 0 Å². The number of amides is 1. The Morgan fingerprint density at radius 2 is 2.08 bits per heavy atom. The van der Waals surface area contributed by atoms with Crippen molar-refractivity contribution in [3.05, 3.63) is 0 Å². The van der Waals surface area contributed by atoms with Crippen LogP contribution in [-0.4, -0.2) is 30.6 Å². The van der Waals surface area contributed by atoms with E-state index in [0.29, 0.717) is 6.42 Å². The molecule has 0 aromatic carbocycles. The average Bonchev–Trinajstić information content (AvgIpc) is 1.96. The molecule has 2 nitrogen and oxygen atoms in total. The topological polar surface area (TPSA) is 29.1 Å². The summed E-state index contributed by atoms with van der Waals surface area (Å²) in [7, 11) is 0. The number of thioether (sulfide) groups is 1. The first-order chi connectivity index (χ1) is 5.48. The SMILES string of the molecule is CSCCCNC(=O)C(F)(F)F. The van der Waals surface area contributed by atoms with E-state index < -0.39 is 12.1 Å². The van der Waals surface area contributed by atoms with Crippen molar-refractivity contribution < 1.29 is 18.0 Å². The number of carbonyl (C=O) groups is 1. The Hall–Kier alpha value is -0.390. The lowest BCUT2D eigenvalue weighted by atomic mass is 10.4. The maximum atomic E-state index is 11.5. The molecular formula is C6H10F3NOS. The van der Waals surface area contributed by atoms with E-state index in [4.69, 9.17) is 0 Å². The smallest absolute Gasteiger partial charge is 0.348 e. The van der Waals surface area contributed by atoms with Crippen LogP contribution in [0.4, 0.5) is 13.2 Å². The maximum absolute atomic E-state index is 11.5. The van der Waals surface area contributed by atoms with Gasteiger partial charge in [-0.2, -0.15) is 24.9 Å². The van der Waals surface area contributed by atoms with E-state index in [9.17, 15) is 18.0 Å². The molecule has 0 fully saturated rings. The van der Waals surface area contributed by atoms with Gasteiger partial charge >= 0.3 is 12.1 Å². The van der Waals surface area contributed by atoms with Crippen molar-refractivity contribution in [2.45, 2.75) is 12.6 Å². The molecule has 0 atom stereocenters. The van der Waals surface area contributed by atoms with Crippen molar-refractivity contribution >= 4 is 17.7 Å². The third kappa shape index (κ3) is 5.29. The van der Waals surface area contributed by atoms with E-state index in [1.54, 1.807) is 5.32 Å². The first-order valence-corrected chi connectivity index (χ1v) is 4.72. The van der Waals surface area contributed by atoms with Gasteiger partial charge in [0.15, 0.2) is 0 Å². The first-order valence-electron chi connectivity index (χ1n) is 3.32. The highest BCUT2D eigenvalue weighted by molar-refractivity contribution is 7.98. The monoisotopic (exact) mass is 201 g/mol. The van der Waals surface area contributed by atoms with Gasteiger partial charge in [-0.15, -0.1) is 0 Å². The zero-order valence-corrected chi connectivity index (χ0v) is 7.39. The van der Waals surface area contributed by atoms with E-state index in [2.05, 4.69) is 0 Å². The van der Waals surface area contributed by atoms with Gasteiger partial charge in [-0.05, 0) is 18.4 Å². The molecule has 6 heteroatoms. The predicted octanol–water partition coefficient (Wildman–Crippen LogP) is 1.42. The van der Waals surface area contributed by atoms with Crippen molar-refractivity contribution in [1.82, 2.24) is 5.32 Å². The molecule has 0 spiro atoms. The summed E-state index contributed by atoms with van der Waals surface area (Å²) in [6.45, 7) is 0.0825. The second kappa shape index (κ2) is 5.29. The molecule has 12 heavy (non-hydrogen) atoms. The van der Waals surface area contributed by atoms with E-state index in [0.717, 1.165) is 5.75 Å². The van der Waals surface area contributed by atoms with Gasteiger partial charge in [0.25, 0.3) is 0 Å². The fourth-order valence-electron chi connectivity index (χ4n) is 0.519. The normalized spacial score (nSPS) is 11.3. The summed E-state index contributed by atoms with van der Waals surface area (Å²) < 4.78 is 34.6. The summed E-state index contributed by atoms with van der Waals surface area (Å²) in [5.74, 6) is -1.11. The highest BCUT2D eigenvalue weighted by atomic mass is 32.2. The summed E-state index contributed by atoms with van der Waals surface area (Å²) in [4.78, 5) is 10.2. The fraction of sp³-hybridized carbons (Fsp3) is 0.833. The average molecular weight is 201 g/mol. The van der Waals surface area contributed by atoms with Gasteiger partial charge < -0.3 is 5.32 Å². The molecule has 0 unspecified atom stereocenters. The minimum absolute atomic E-state index is 0.0825. The molecule has 0 bridgehead atoms. The number of halogens is 3. The van der Waals surface area contributed by atoms with Crippen LogP contribution in [0.25, 0.3) is 0 Å². The highest BCUT2D eigenvalue weighted by Crippen LogP contribution is 2.13. The molecular weight excluding hydrogens is 191 g/mol. The van der Waals surface area contributed by atoms with Crippen LogP contribution in [0.3, 0.4) is 0 Å². The molecule has 0 aliphatic carbocycles. The van der Waals surface area contributed by atoms with Crippen molar-refractivity contribution in [1.29, 1.82) is 0 Å². The Morgan fingerprint density at radius 3 is 2.50 bits per heavy atom. The predicted molar refractivity (Wildman–Crippen MR) is 42.1 cm³/mol. The number of nitrogens with one attached hydrogen (secondary N) is 1. The lowest BCUT2D eigenvalue weighted by Gasteiger charge is -2.06. The molecule has 0 aliphatic heterocycles. The fourth-order valence-corrected chi connectivity index (χ4v) is 0.952. The Morgan fingerprint density at radius 1 is 1.50 bits per heavy atom. The van der Waals surface area contributed by atoms with Crippen LogP contribution in [-0.2, 0) is 4.79 Å². The van der Waals surface area contributed by atoms with Gasteiger partial charge in [-0.25, -0.2) is 0 Å². The van der Waals surface area contributed by atoms with Gasteiger partial charge in [0.2, 0.25) is 0 Å². The van der Waals surface area contributed by atoms with Crippen LogP contribution in [0.1, 0.15) is 6.42 Å². The lowest BCUT2D eigenvalue weighted by Crippen LogP contribution is -2.37. The third-order valence-corrected chi connectivity index (χ3v) is 1.77. The number of alkyl halides is 3. The van der Waals surface area contributed by atoms with Crippen molar-refractivity contribution in [3.63, 3.8) is 0 Å². The van der Waals surface area contributed by atoms with Gasteiger partial charge in [-0.3, -0.25) is 4.79 Å². The molecule has 0 aromatic heterocycles. The standard InChI is InChI=1S/C6H10F3NOS/c1-12-4-2-3-10-5(11)6(7,8)9/h2-4H2,1H3,(H,10,11). The molecule has 0 heterocycles. The molecule has 0 radical (unpaired) electrons. The lowest BCUT2D eigenvalue weighted by molar-refractivity contribution is -0.173. The van der Waals surface area contributed by atoms with E-state index in [-0.39, 0.29) is 6.54 Å². The summed E-state index contributed by atoms with van der Waals surface area (Å²) in [6, 6.07) is 0. The first kappa shape index (κ1) is 11.6. The number of rotatable bonds is 4. The highest BCUT2D eigenvalue weighted by Gasteiger charge is 2.37. The number of hydrogen-bond donors (Lipinski definition) is 1. The van der Waals surface area contributed by atoms with Crippen molar-refractivity contribution in [2.24, 2.45) is 0 Å². The molecule has 0 aromatic rings. The summed E-state index contributed by atoms with van der Waals surface area (Å²) >= 11 is 1.53. The molecule has 0 rings (SSSR count). The van der Waals surface area contributed by atoms with E-state index >= 15 is 0 Å². The Kier molecular flexibility index (Phi) is 5.12. The molecule has 72 valence electrons. The van der Waals surface area contributed by atoms with Crippen LogP contribution < -0.4 is 5.32 Å². The third-order valence-electron chi connectivity index (χ3n) is 1.07. The summed E-state index contributed by atoms with van der Waals surface area (Å²) in [5.41, 5.74) is 0. The molecule has 0 saturated heterocycles. The second-order valence-electron chi connectivity index (χ2n) is 2.10. The number of hydrogen-bond acceptors (Lipinski definition) is 2. The number of carbonyl (C=O) groups excluding carboxylic acids is 1. The Balaban J connectivity index is 3.45. The Bertz CT molecular complexity index is 148. The summed E-state index contributed by atoms with van der Waals surface area (Å²) in [5, 5.41) is 1.78. The maximum Gasteiger partial charge on any atom is 0.471 e. The van der Waals surface area contributed by atoms with Crippen LogP contribution in [0, 0.1) is 0 Å². The van der Waals surface area contributed by atoms with Gasteiger partial charge in [0.1, 0.15) is 0 Å². The van der Waals surface area contributed by atoms with Crippen LogP contribution in [0.2, 0.25) is 0 Å². The van der Waals surface area contributed by atoms with Crippen molar-refractivity contribution in [3.8, 4) is 0 Å². The quantitative estimate of drug-likeness (QED) is 0.697. The minimum atomic E-state index is -4.75. The molecule has 1 amide bonds. The van der Waals surface area contributed by atoms with Gasteiger partial charge in [0, 0.05) is 6.54 Å². The minimum Gasteiger partial charge on any atom is -0.348 e. The van der Waals surface area contributed by atoms with E-state index in [1.807, 2.05) is 6.26 Å². The molecule has 0 aliphatic rings. The zero-order valence-electron chi connectivity index (χ0n) is 6.57. The van der Waals surface area contributed by atoms with Gasteiger partial charge in [-0.1, -0.05) is 0 Å². The van der Waals surface area contributed by atoms with Crippen LogP contribution >= 0.6 is 11.8 Å². The second-order valence-corrected chi connectivity index (χ2v) is 3.09. The van der Waals surface area contributed by atoms with E-state index in [1.165, 1.54) is 11.8 Å².